The molecule has 7 rings (SSSR count). The van der Waals surface area contributed by atoms with Crippen molar-refractivity contribution >= 4 is 17.5 Å². The molecule has 2 aromatic carbocycles. The van der Waals surface area contributed by atoms with E-state index in [9.17, 15) is 19.8 Å². The van der Waals surface area contributed by atoms with Gasteiger partial charge in [-0.15, -0.1) is 0 Å². The lowest BCUT2D eigenvalue weighted by atomic mass is 9.45. The summed E-state index contributed by atoms with van der Waals surface area (Å²) < 4.78 is 6.12. The first-order valence-electron chi connectivity index (χ1n) is 20.5. The number of ether oxygens (including phenoxy) is 1. The average molecular weight is 775 g/mol. The molecule has 2 bridgehead atoms. The van der Waals surface area contributed by atoms with Gasteiger partial charge in [-0.1, -0.05) is 51.1 Å². The number of carbonyl (C=O) groups is 2. The summed E-state index contributed by atoms with van der Waals surface area (Å²) in [5.41, 5.74) is 4.04. The summed E-state index contributed by atoms with van der Waals surface area (Å²) in [6.07, 6.45) is 6.66. The average Bonchev–Trinajstić information content (AvgIpc) is 3.53. The number of hydroxylamine groups is 2. The van der Waals surface area contributed by atoms with Gasteiger partial charge in [-0.05, 0) is 100 Å². The summed E-state index contributed by atoms with van der Waals surface area (Å²) in [6.45, 7) is 10.0. The van der Waals surface area contributed by atoms with Crippen molar-refractivity contribution in [1.29, 1.82) is 0 Å². The van der Waals surface area contributed by atoms with Gasteiger partial charge >= 0.3 is 0 Å². The maximum atomic E-state index is 14.3. The molecule has 10 atom stereocenters. The van der Waals surface area contributed by atoms with Crippen LogP contribution in [0.25, 0.3) is 11.1 Å². The van der Waals surface area contributed by atoms with Crippen molar-refractivity contribution in [2.24, 2.45) is 29.1 Å². The number of fused-ring (bicyclic) bond motifs is 2. The Balaban J connectivity index is 1.27. The van der Waals surface area contributed by atoms with Crippen LogP contribution >= 0.6 is 0 Å². The summed E-state index contributed by atoms with van der Waals surface area (Å²) in [5.74, 6) is 1.06. The van der Waals surface area contributed by atoms with E-state index in [1.165, 1.54) is 6.42 Å². The summed E-state index contributed by atoms with van der Waals surface area (Å²) in [5, 5.41) is 33.2. The second-order valence-electron chi connectivity index (χ2n) is 17.8. The number of hydrogen-bond donors (Lipinski definition) is 5. The maximum Gasteiger partial charge on any atom is 0.251 e. The molecule has 2 aliphatic heterocycles. The number of aliphatic hydroxyl groups is 2. The largest absolute Gasteiger partial charge is 0.496 e. The molecular weight excluding hydrogens is 709 g/mol. The van der Waals surface area contributed by atoms with E-state index < -0.39 is 24.2 Å². The van der Waals surface area contributed by atoms with Crippen molar-refractivity contribution in [3.8, 4) is 16.9 Å². The number of anilines is 1. The number of carbonyl (C=O) groups excluding carboxylic acids is 2. The van der Waals surface area contributed by atoms with Crippen LogP contribution < -0.4 is 25.6 Å². The standard InChI is InChI=1S/C44H66N6O6/c1-26-36-20-31(44(36,3)4)21-37(26)47-43(54)40-39(27(2)52)38(25-51)56-50(40)23-28-13-12-15-35(41(28)55-9)29-17-30(19-34(18-29)49(7)8)42(53)46-33(24-48(5)6)22-32-14-10-11-16-45-32/h10,12-15,17-19,26-27,31-33,36-40,45,51-52H,11,16,20-25H2,1-9H3,(H,46,53)(H,47,54)/t26-,27-,31+,32?,33+,36-,37-,38-,39-,40-/m0/s1. The van der Waals surface area contributed by atoms with Gasteiger partial charge in [0.2, 0.25) is 5.91 Å². The number of para-hydroxylation sites is 1. The Bertz CT molecular complexity index is 1730. The zero-order valence-electron chi connectivity index (χ0n) is 34.9. The van der Waals surface area contributed by atoms with Crippen molar-refractivity contribution in [1.82, 2.24) is 25.9 Å². The molecule has 308 valence electrons. The van der Waals surface area contributed by atoms with E-state index in [0.717, 1.165) is 48.2 Å². The Labute approximate surface area is 333 Å². The minimum Gasteiger partial charge on any atom is -0.496 e. The fourth-order valence-corrected chi connectivity index (χ4v) is 10.0. The van der Waals surface area contributed by atoms with Gasteiger partial charge in [-0.3, -0.25) is 14.4 Å². The third-order valence-corrected chi connectivity index (χ3v) is 13.2. The minimum atomic E-state index is -0.900. The molecule has 3 aliphatic carbocycles. The molecule has 0 spiro atoms. The summed E-state index contributed by atoms with van der Waals surface area (Å²) in [4.78, 5) is 38.7. The lowest BCUT2D eigenvalue weighted by molar-refractivity contribution is -0.183. The number of benzene rings is 2. The quantitative estimate of drug-likeness (QED) is 0.169. The van der Waals surface area contributed by atoms with Crippen LogP contribution in [0.3, 0.4) is 0 Å². The Morgan fingerprint density at radius 3 is 2.52 bits per heavy atom. The predicted molar refractivity (Wildman–Crippen MR) is 220 cm³/mol. The highest BCUT2D eigenvalue weighted by atomic mass is 16.7. The second kappa shape index (κ2) is 17.5. The molecule has 4 fully saturated rings. The molecule has 2 amide bonds. The molecule has 1 saturated heterocycles. The van der Waals surface area contributed by atoms with Gasteiger partial charge in [0.05, 0.1) is 26.4 Å². The molecule has 5 N–H and O–H groups in total. The predicted octanol–water partition coefficient (Wildman–Crippen LogP) is 4.06. The van der Waals surface area contributed by atoms with Crippen LogP contribution in [-0.2, 0) is 16.2 Å². The number of rotatable bonds is 15. The first-order valence-corrected chi connectivity index (χ1v) is 20.5. The van der Waals surface area contributed by atoms with Crippen LogP contribution in [0, 0.1) is 29.1 Å². The number of nitrogens with one attached hydrogen (secondary N) is 3. The molecule has 12 nitrogen and oxygen atoms in total. The second-order valence-corrected chi connectivity index (χ2v) is 17.8. The monoisotopic (exact) mass is 775 g/mol. The SMILES string of the molecule is COc1c(CN2O[C@@H](CO)[C@H]([C@H](C)O)[C@H]2C(=O)N[C@H]2C[C@H]3C[C@@H]([C@@H]2C)C3(C)C)cccc1-c1cc(C(=O)N[C@H](CC2C=CCCN2)CN(C)C)cc(N(C)C)c1. The number of methoxy groups -OCH3 is 1. The van der Waals surface area contributed by atoms with E-state index in [2.05, 4.69) is 53.8 Å². The molecule has 1 unspecified atom stereocenters. The number of amides is 2. The summed E-state index contributed by atoms with van der Waals surface area (Å²) in [6, 6.07) is 11.0. The van der Waals surface area contributed by atoms with Crippen molar-refractivity contribution in [3.05, 3.63) is 59.7 Å². The van der Waals surface area contributed by atoms with Crippen LogP contribution in [0.2, 0.25) is 0 Å². The zero-order chi connectivity index (χ0) is 40.5. The van der Waals surface area contributed by atoms with E-state index in [1.807, 2.05) is 69.5 Å². The van der Waals surface area contributed by atoms with Gasteiger partial charge < -0.3 is 40.7 Å². The zero-order valence-corrected chi connectivity index (χ0v) is 34.9. The van der Waals surface area contributed by atoms with Crippen molar-refractivity contribution in [3.63, 3.8) is 0 Å². The molecule has 3 saturated carbocycles. The van der Waals surface area contributed by atoms with Gasteiger partial charge in [-0.2, -0.15) is 5.06 Å². The maximum absolute atomic E-state index is 14.3. The first-order chi connectivity index (χ1) is 26.6. The lowest BCUT2D eigenvalue weighted by Crippen LogP contribution is -2.62. The first kappa shape index (κ1) is 42.1. The number of aliphatic hydroxyl groups excluding tert-OH is 2. The number of likely N-dealkylation sites (N-methyl/N-ethyl adjacent to an activating group) is 1. The number of nitrogens with zero attached hydrogens (tertiary/aromatic N) is 3. The third kappa shape index (κ3) is 8.80. The van der Waals surface area contributed by atoms with Crippen molar-refractivity contribution < 1.29 is 29.4 Å². The molecule has 0 aromatic heterocycles. The Kier molecular flexibility index (Phi) is 13.2. The van der Waals surface area contributed by atoms with Crippen molar-refractivity contribution in [2.45, 2.75) is 96.3 Å². The fraction of sp³-hybridized carbons (Fsp3) is 0.636. The highest BCUT2D eigenvalue weighted by molar-refractivity contribution is 5.97. The van der Waals surface area contributed by atoms with E-state index in [0.29, 0.717) is 35.6 Å². The third-order valence-electron chi connectivity index (χ3n) is 13.2. The topological polar surface area (TPSA) is 139 Å². The Hall–Kier alpha value is -3.52. The highest BCUT2D eigenvalue weighted by Crippen LogP contribution is 2.61. The Morgan fingerprint density at radius 2 is 1.91 bits per heavy atom. The fourth-order valence-electron chi connectivity index (χ4n) is 10.0. The molecule has 0 radical (unpaired) electrons. The normalized spacial score (nSPS) is 29.4. The summed E-state index contributed by atoms with van der Waals surface area (Å²) >= 11 is 0. The van der Waals surface area contributed by atoms with Crippen LogP contribution in [0.1, 0.15) is 69.3 Å². The lowest BCUT2D eigenvalue weighted by Gasteiger charge is -2.62. The van der Waals surface area contributed by atoms with Gasteiger partial charge in [0.25, 0.3) is 5.91 Å². The summed E-state index contributed by atoms with van der Waals surface area (Å²) in [7, 11) is 9.56. The van der Waals surface area contributed by atoms with Gasteiger partial charge in [0, 0.05) is 67.1 Å². The van der Waals surface area contributed by atoms with Crippen molar-refractivity contribution in [2.75, 3.05) is 59.9 Å². The molecular formula is C44H66N6O6. The van der Waals surface area contributed by atoms with Crippen LogP contribution in [-0.4, -0.2) is 123 Å². The van der Waals surface area contributed by atoms with Gasteiger partial charge in [0.15, 0.2) is 0 Å². The molecule has 2 aromatic rings. The highest BCUT2D eigenvalue weighted by Gasteiger charge is 2.57. The number of hydrogen-bond acceptors (Lipinski definition) is 10. The van der Waals surface area contributed by atoms with E-state index in [4.69, 9.17) is 9.57 Å². The minimum absolute atomic E-state index is 0.0381. The van der Waals surface area contributed by atoms with Crippen LogP contribution in [0.4, 0.5) is 5.69 Å². The van der Waals surface area contributed by atoms with Gasteiger partial charge in [-0.25, -0.2) is 0 Å². The molecule has 5 aliphatic rings. The smallest absolute Gasteiger partial charge is 0.251 e. The molecule has 56 heavy (non-hydrogen) atoms. The molecule has 2 heterocycles. The Morgan fingerprint density at radius 1 is 1.14 bits per heavy atom. The van der Waals surface area contributed by atoms with Gasteiger partial charge in [0.1, 0.15) is 17.9 Å². The van der Waals surface area contributed by atoms with Crippen LogP contribution in [0.5, 0.6) is 5.75 Å². The van der Waals surface area contributed by atoms with Crippen LogP contribution in [0.15, 0.2) is 48.6 Å². The van der Waals surface area contributed by atoms with E-state index in [-0.39, 0.29) is 48.5 Å². The van der Waals surface area contributed by atoms with E-state index >= 15 is 0 Å². The van der Waals surface area contributed by atoms with E-state index in [1.54, 1.807) is 19.1 Å². The molecule has 12 heteroatoms.